The van der Waals surface area contributed by atoms with Crippen LogP contribution in [0.25, 0.3) is 0 Å². The summed E-state index contributed by atoms with van der Waals surface area (Å²) in [7, 11) is 1.74. The first-order chi connectivity index (χ1) is 13.7. The van der Waals surface area contributed by atoms with E-state index < -0.39 is 0 Å². The quantitative estimate of drug-likeness (QED) is 0.669. The molecule has 5 rings (SSSR count). The van der Waals surface area contributed by atoms with Crippen molar-refractivity contribution in [1.82, 2.24) is 15.0 Å². The second-order valence-corrected chi connectivity index (χ2v) is 8.14. The molecule has 1 saturated heterocycles. The Morgan fingerprint density at radius 3 is 2.72 bits per heavy atom. The molecular weight excluding hydrogens is 392 g/mol. The van der Waals surface area contributed by atoms with Crippen molar-refractivity contribution >= 4 is 30.0 Å². The largest absolute Gasteiger partial charge is 0.385 e. The van der Waals surface area contributed by atoms with Gasteiger partial charge in [0, 0.05) is 26.2 Å². The summed E-state index contributed by atoms with van der Waals surface area (Å²) in [6, 6.07) is 8.30. The molecule has 156 valence electrons. The number of methoxy groups -OCH3 is 1. The number of likely N-dealkylation sites (tertiary alicyclic amines) is 1. The highest BCUT2D eigenvalue weighted by molar-refractivity contribution is 6.13. The fraction of sp³-hybridized carbons (Fsp3) is 0.571. The van der Waals surface area contributed by atoms with Gasteiger partial charge in [0.25, 0.3) is 0 Å². The van der Waals surface area contributed by atoms with Gasteiger partial charge in [-0.3, -0.25) is 4.79 Å². The summed E-state index contributed by atoms with van der Waals surface area (Å²) in [4.78, 5) is 21.8. The SMILES string of the molecule is COCCCN1CCC(c2noc(N3C(=O)C4(CC4)c4ccccc43)n2)CC1.Cl. The molecule has 1 spiro atoms. The first-order valence-corrected chi connectivity index (χ1v) is 10.2. The van der Waals surface area contributed by atoms with Gasteiger partial charge in [0.05, 0.1) is 11.1 Å². The van der Waals surface area contributed by atoms with Crippen molar-refractivity contribution in [3.8, 4) is 0 Å². The first kappa shape index (κ1) is 20.3. The molecule has 1 aromatic heterocycles. The second kappa shape index (κ2) is 8.05. The van der Waals surface area contributed by atoms with Crippen molar-refractivity contribution in [2.75, 3.05) is 38.3 Å². The number of benzene rings is 1. The molecule has 1 saturated carbocycles. The highest BCUT2D eigenvalue weighted by Gasteiger charge is 2.60. The molecule has 1 aromatic carbocycles. The van der Waals surface area contributed by atoms with Crippen molar-refractivity contribution in [2.24, 2.45) is 0 Å². The number of nitrogens with zero attached hydrogens (tertiary/aromatic N) is 4. The number of piperidine rings is 1. The number of ether oxygens (including phenoxy) is 1. The lowest BCUT2D eigenvalue weighted by Gasteiger charge is -2.30. The van der Waals surface area contributed by atoms with Gasteiger partial charge in [0.15, 0.2) is 5.82 Å². The maximum absolute atomic E-state index is 13.1. The van der Waals surface area contributed by atoms with Gasteiger partial charge in [-0.1, -0.05) is 23.4 Å². The molecule has 7 nitrogen and oxygen atoms in total. The highest BCUT2D eigenvalue weighted by Crippen LogP contribution is 2.58. The van der Waals surface area contributed by atoms with Crippen molar-refractivity contribution < 1.29 is 14.1 Å². The van der Waals surface area contributed by atoms with Gasteiger partial charge in [-0.05, 0) is 56.8 Å². The fourth-order valence-electron chi connectivity index (χ4n) is 4.64. The summed E-state index contributed by atoms with van der Waals surface area (Å²) in [5.74, 6) is 1.10. The number of rotatable bonds is 6. The number of aromatic nitrogens is 2. The summed E-state index contributed by atoms with van der Waals surface area (Å²) < 4.78 is 10.7. The van der Waals surface area contributed by atoms with Crippen LogP contribution in [0.1, 0.15) is 49.4 Å². The molecule has 0 bridgehead atoms. The normalized spacial score (nSPS) is 20.7. The number of hydrogen-bond acceptors (Lipinski definition) is 6. The molecule has 1 amide bonds. The van der Waals surface area contributed by atoms with Crippen LogP contribution >= 0.6 is 12.4 Å². The minimum Gasteiger partial charge on any atom is -0.385 e. The molecule has 29 heavy (non-hydrogen) atoms. The van der Waals surface area contributed by atoms with Crippen LogP contribution in [0.5, 0.6) is 0 Å². The second-order valence-electron chi connectivity index (χ2n) is 8.14. The van der Waals surface area contributed by atoms with Gasteiger partial charge >= 0.3 is 6.01 Å². The predicted molar refractivity (Wildman–Crippen MR) is 111 cm³/mol. The van der Waals surface area contributed by atoms with E-state index in [1.807, 2.05) is 18.2 Å². The number of anilines is 2. The number of amides is 1. The Morgan fingerprint density at radius 1 is 1.24 bits per heavy atom. The van der Waals surface area contributed by atoms with E-state index in [2.05, 4.69) is 21.1 Å². The molecule has 3 aliphatic rings. The summed E-state index contributed by atoms with van der Waals surface area (Å²) in [5.41, 5.74) is 1.65. The molecule has 0 radical (unpaired) electrons. The molecule has 2 fully saturated rings. The van der Waals surface area contributed by atoms with Crippen LogP contribution in [0.15, 0.2) is 28.8 Å². The number of para-hydroxylation sites is 1. The minimum absolute atomic E-state index is 0. The molecular formula is C21H27ClN4O3. The van der Waals surface area contributed by atoms with Gasteiger partial charge in [0.1, 0.15) is 0 Å². The molecule has 1 aliphatic carbocycles. The van der Waals surface area contributed by atoms with Crippen LogP contribution in [-0.2, 0) is 14.9 Å². The van der Waals surface area contributed by atoms with E-state index in [9.17, 15) is 4.79 Å². The number of hydrogen-bond donors (Lipinski definition) is 0. The summed E-state index contributed by atoms with van der Waals surface area (Å²) in [6.07, 6.45) is 4.90. The van der Waals surface area contributed by atoms with Gasteiger partial charge < -0.3 is 14.2 Å². The smallest absolute Gasteiger partial charge is 0.335 e. The van der Waals surface area contributed by atoms with Crippen LogP contribution in [0, 0.1) is 0 Å². The van der Waals surface area contributed by atoms with E-state index in [1.165, 1.54) is 0 Å². The van der Waals surface area contributed by atoms with Crippen molar-refractivity contribution in [1.29, 1.82) is 0 Å². The maximum atomic E-state index is 13.1. The van der Waals surface area contributed by atoms with Crippen LogP contribution in [0.2, 0.25) is 0 Å². The average Bonchev–Trinajstić information content (AvgIpc) is 3.33. The summed E-state index contributed by atoms with van der Waals surface area (Å²) in [5, 5.41) is 4.24. The molecule has 0 unspecified atom stereocenters. The third-order valence-electron chi connectivity index (χ3n) is 6.42. The minimum atomic E-state index is -0.348. The monoisotopic (exact) mass is 418 g/mol. The lowest BCUT2D eigenvalue weighted by atomic mass is 9.96. The molecule has 2 aromatic rings. The Balaban J connectivity index is 0.00000205. The van der Waals surface area contributed by atoms with Crippen LogP contribution in [-0.4, -0.2) is 54.3 Å². The summed E-state index contributed by atoms with van der Waals surface area (Å²) >= 11 is 0. The van der Waals surface area contributed by atoms with Crippen LogP contribution < -0.4 is 4.90 Å². The first-order valence-electron chi connectivity index (χ1n) is 10.2. The Kier molecular flexibility index (Phi) is 5.64. The third kappa shape index (κ3) is 3.45. The number of carbonyl (C=O) groups is 1. The van der Waals surface area contributed by atoms with Gasteiger partial charge in [0.2, 0.25) is 5.91 Å². The third-order valence-corrected chi connectivity index (χ3v) is 6.42. The van der Waals surface area contributed by atoms with E-state index in [1.54, 1.807) is 12.0 Å². The lowest BCUT2D eigenvalue weighted by Crippen LogP contribution is -2.34. The Labute approximate surface area is 176 Å². The predicted octanol–water partition coefficient (Wildman–Crippen LogP) is 3.42. The van der Waals surface area contributed by atoms with Gasteiger partial charge in [-0.2, -0.15) is 4.98 Å². The van der Waals surface area contributed by atoms with E-state index in [0.29, 0.717) is 11.9 Å². The molecule has 3 heterocycles. The van der Waals surface area contributed by atoms with Crippen LogP contribution in [0.3, 0.4) is 0 Å². The van der Waals surface area contributed by atoms with E-state index in [4.69, 9.17) is 9.26 Å². The number of carbonyl (C=O) groups excluding carboxylic acids is 1. The number of halogens is 1. The zero-order valence-electron chi connectivity index (χ0n) is 16.7. The maximum Gasteiger partial charge on any atom is 0.335 e. The van der Waals surface area contributed by atoms with Crippen molar-refractivity contribution in [2.45, 2.75) is 43.4 Å². The van der Waals surface area contributed by atoms with Gasteiger partial charge in [-0.15, -0.1) is 12.4 Å². The average molecular weight is 419 g/mol. The standard InChI is InChI=1S/C21H26N4O3.ClH/c1-27-14-4-11-24-12-7-15(8-13-24)18-22-20(28-23-18)25-17-6-3-2-5-16(17)21(9-10-21)19(25)26;/h2-3,5-6,15H,4,7-14H2,1H3;1H. The van der Waals surface area contributed by atoms with Gasteiger partial charge in [-0.25, -0.2) is 4.90 Å². The fourth-order valence-corrected chi connectivity index (χ4v) is 4.64. The summed E-state index contributed by atoms with van der Waals surface area (Å²) in [6.45, 7) is 3.94. The molecule has 8 heteroatoms. The lowest BCUT2D eigenvalue weighted by molar-refractivity contribution is -0.119. The number of fused-ring (bicyclic) bond motifs is 2. The topological polar surface area (TPSA) is 71.7 Å². The zero-order chi connectivity index (χ0) is 19.1. The van der Waals surface area contributed by atoms with Crippen LogP contribution in [0.4, 0.5) is 11.7 Å². The van der Waals surface area contributed by atoms with E-state index in [-0.39, 0.29) is 23.7 Å². The molecule has 0 N–H and O–H groups in total. The van der Waals surface area contributed by atoms with Crippen molar-refractivity contribution in [3.05, 3.63) is 35.7 Å². The van der Waals surface area contributed by atoms with E-state index in [0.717, 1.165) is 75.4 Å². The zero-order valence-corrected chi connectivity index (χ0v) is 17.5. The Hall–Kier alpha value is -1.96. The highest BCUT2D eigenvalue weighted by atomic mass is 35.5. The Morgan fingerprint density at radius 2 is 2.00 bits per heavy atom. The molecule has 0 atom stereocenters. The van der Waals surface area contributed by atoms with Crippen molar-refractivity contribution in [3.63, 3.8) is 0 Å². The Bertz CT molecular complexity index is 874. The van der Waals surface area contributed by atoms with E-state index >= 15 is 0 Å². The molecule has 2 aliphatic heterocycles.